The summed E-state index contributed by atoms with van der Waals surface area (Å²) in [7, 11) is 4.18. The van der Waals surface area contributed by atoms with Gasteiger partial charge in [-0.25, -0.2) is 0 Å². The fourth-order valence-corrected chi connectivity index (χ4v) is 4.11. The van der Waals surface area contributed by atoms with E-state index in [1.54, 1.807) is 12.1 Å². The Balaban J connectivity index is 1.74. The Morgan fingerprint density at radius 2 is 1.75 bits per heavy atom. The molecule has 0 saturated carbocycles. The van der Waals surface area contributed by atoms with Crippen molar-refractivity contribution < 1.29 is 9.84 Å². The van der Waals surface area contributed by atoms with Gasteiger partial charge >= 0.3 is 0 Å². The Kier molecular flexibility index (Phi) is 5.25. The van der Waals surface area contributed by atoms with Gasteiger partial charge in [0.25, 0.3) is 0 Å². The minimum Gasteiger partial charge on any atom is -0.508 e. The molecule has 0 aliphatic rings. The van der Waals surface area contributed by atoms with Crippen LogP contribution in [0.1, 0.15) is 24.5 Å². The first-order valence-electron chi connectivity index (χ1n) is 9.99. The highest BCUT2D eigenvalue weighted by Crippen LogP contribution is 2.39. The second-order valence-electron chi connectivity index (χ2n) is 7.65. The number of benzene rings is 1. The van der Waals surface area contributed by atoms with Gasteiger partial charge in [0.05, 0.1) is 17.6 Å². The van der Waals surface area contributed by atoms with Crippen LogP contribution in [-0.4, -0.2) is 41.7 Å². The van der Waals surface area contributed by atoms with Crippen molar-refractivity contribution in [2.24, 2.45) is 0 Å². The number of aromatic hydroxyl groups is 1. The van der Waals surface area contributed by atoms with E-state index in [-0.39, 0.29) is 0 Å². The van der Waals surface area contributed by atoms with Crippen molar-refractivity contribution in [2.75, 3.05) is 27.2 Å². The van der Waals surface area contributed by atoms with Crippen LogP contribution in [0.2, 0.25) is 0 Å². The summed E-state index contributed by atoms with van der Waals surface area (Å²) in [6, 6.07) is 16.3. The molecule has 4 nitrogen and oxygen atoms in total. The molecule has 4 heteroatoms. The number of nitrogens with zero attached hydrogens (tertiary/aromatic N) is 2. The monoisotopic (exact) mass is 376 g/mol. The van der Waals surface area contributed by atoms with Crippen molar-refractivity contribution in [3.63, 3.8) is 0 Å². The fourth-order valence-electron chi connectivity index (χ4n) is 4.11. The lowest BCUT2D eigenvalue weighted by Crippen LogP contribution is -2.14. The molecule has 0 aliphatic carbocycles. The largest absolute Gasteiger partial charge is 0.508 e. The molecular formula is C24H28N2O2. The van der Waals surface area contributed by atoms with Crippen molar-refractivity contribution in [3.05, 3.63) is 59.7 Å². The number of rotatable bonds is 8. The number of phenolic OH excluding ortho intramolecular Hbond substituents is 1. The van der Waals surface area contributed by atoms with E-state index in [9.17, 15) is 5.11 Å². The third-order valence-corrected chi connectivity index (χ3v) is 5.40. The first-order valence-corrected chi connectivity index (χ1v) is 9.99. The zero-order chi connectivity index (χ0) is 19.7. The zero-order valence-corrected chi connectivity index (χ0v) is 16.9. The number of ether oxygens (including phenoxy) is 1. The standard InChI is InChI=1S/C24H28N2O2/c1-4-21-23(17-7-11-20(27)12-8-17)22-13-10-19-9-6-18(24(21)26(19)22)16-28-15-5-14-25(2)3/h6-13,27H,4-5,14-16H2,1-3H3. The van der Waals surface area contributed by atoms with E-state index in [2.05, 4.69) is 54.6 Å². The molecule has 0 aliphatic heterocycles. The molecule has 0 unspecified atom stereocenters. The van der Waals surface area contributed by atoms with Crippen LogP contribution < -0.4 is 0 Å². The van der Waals surface area contributed by atoms with Gasteiger partial charge in [-0.3, -0.25) is 0 Å². The predicted molar refractivity (Wildman–Crippen MR) is 115 cm³/mol. The van der Waals surface area contributed by atoms with E-state index in [0.29, 0.717) is 12.4 Å². The van der Waals surface area contributed by atoms with Crippen molar-refractivity contribution in [3.8, 4) is 16.9 Å². The van der Waals surface area contributed by atoms with Crippen molar-refractivity contribution in [1.29, 1.82) is 0 Å². The van der Waals surface area contributed by atoms with E-state index >= 15 is 0 Å². The summed E-state index contributed by atoms with van der Waals surface area (Å²) >= 11 is 0. The third kappa shape index (κ3) is 3.34. The molecule has 0 spiro atoms. The van der Waals surface area contributed by atoms with Gasteiger partial charge in [0, 0.05) is 23.3 Å². The minimum absolute atomic E-state index is 0.296. The second kappa shape index (κ2) is 7.82. The predicted octanol–water partition coefficient (Wildman–Crippen LogP) is 4.93. The van der Waals surface area contributed by atoms with Gasteiger partial charge in [-0.15, -0.1) is 0 Å². The van der Waals surface area contributed by atoms with Crippen LogP contribution in [-0.2, 0) is 17.8 Å². The number of pyridine rings is 1. The van der Waals surface area contributed by atoms with Crippen LogP contribution >= 0.6 is 0 Å². The van der Waals surface area contributed by atoms with Gasteiger partial charge < -0.3 is 19.1 Å². The number of aryl methyl sites for hydroxylation is 1. The lowest BCUT2D eigenvalue weighted by Gasteiger charge is -2.11. The maximum Gasteiger partial charge on any atom is 0.115 e. The Hall–Kier alpha value is -2.56. The van der Waals surface area contributed by atoms with E-state index in [4.69, 9.17) is 4.74 Å². The molecule has 0 radical (unpaired) electrons. The maximum absolute atomic E-state index is 9.69. The van der Waals surface area contributed by atoms with Gasteiger partial charge in [0.15, 0.2) is 0 Å². The maximum atomic E-state index is 9.69. The average molecular weight is 377 g/mol. The van der Waals surface area contributed by atoms with Gasteiger partial charge in [0.2, 0.25) is 0 Å². The van der Waals surface area contributed by atoms with E-state index in [1.807, 2.05) is 12.1 Å². The molecular weight excluding hydrogens is 348 g/mol. The Morgan fingerprint density at radius 3 is 2.46 bits per heavy atom. The first-order chi connectivity index (χ1) is 13.6. The molecule has 1 aromatic carbocycles. The third-order valence-electron chi connectivity index (χ3n) is 5.40. The number of aromatic nitrogens is 1. The molecule has 146 valence electrons. The van der Waals surface area contributed by atoms with E-state index in [0.717, 1.165) is 31.6 Å². The highest BCUT2D eigenvalue weighted by Gasteiger charge is 2.20. The summed E-state index contributed by atoms with van der Waals surface area (Å²) in [5.74, 6) is 0.296. The van der Waals surface area contributed by atoms with Gasteiger partial charge in [-0.2, -0.15) is 0 Å². The zero-order valence-electron chi connectivity index (χ0n) is 16.9. The Bertz CT molecular complexity index is 1060. The molecule has 3 aromatic heterocycles. The summed E-state index contributed by atoms with van der Waals surface area (Å²) in [6.45, 7) is 4.65. The van der Waals surface area contributed by atoms with Crippen molar-refractivity contribution in [2.45, 2.75) is 26.4 Å². The summed E-state index contributed by atoms with van der Waals surface area (Å²) in [5, 5.41) is 9.69. The Labute approximate surface area is 166 Å². The molecule has 0 saturated heterocycles. The smallest absolute Gasteiger partial charge is 0.115 e. The number of phenols is 1. The van der Waals surface area contributed by atoms with E-state index in [1.165, 1.54) is 33.2 Å². The molecule has 0 bridgehead atoms. The number of hydrogen-bond donors (Lipinski definition) is 1. The van der Waals surface area contributed by atoms with Crippen molar-refractivity contribution >= 4 is 16.6 Å². The fraction of sp³-hybridized carbons (Fsp3) is 0.333. The van der Waals surface area contributed by atoms with Gasteiger partial charge in [0.1, 0.15) is 5.75 Å². The summed E-state index contributed by atoms with van der Waals surface area (Å²) in [4.78, 5) is 2.18. The van der Waals surface area contributed by atoms with Crippen LogP contribution in [0.15, 0.2) is 48.5 Å². The SMILES string of the molecule is CCc1c(-c2ccc(O)cc2)c2ccc3ccc(COCCCN(C)C)c1n32. The van der Waals surface area contributed by atoms with Gasteiger partial charge in [-0.1, -0.05) is 25.1 Å². The molecule has 4 aromatic rings. The quantitative estimate of drug-likeness (QED) is 0.443. The molecule has 1 N–H and O–H groups in total. The van der Waals surface area contributed by atoms with Crippen LogP contribution in [0.4, 0.5) is 0 Å². The first kappa shape index (κ1) is 18.8. The lowest BCUT2D eigenvalue weighted by molar-refractivity contribution is 0.114. The summed E-state index contributed by atoms with van der Waals surface area (Å²) in [6.07, 6.45) is 1.99. The summed E-state index contributed by atoms with van der Waals surface area (Å²) in [5.41, 5.74) is 8.69. The second-order valence-corrected chi connectivity index (χ2v) is 7.65. The highest BCUT2D eigenvalue weighted by molar-refractivity contribution is 5.96. The van der Waals surface area contributed by atoms with Crippen molar-refractivity contribution in [1.82, 2.24) is 9.30 Å². The Morgan fingerprint density at radius 1 is 1.00 bits per heavy atom. The number of hydrogen-bond acceptors (Lipinski definition) is 3. The van der Waals surface area contributed by atoms with Crippen LogP contribution in [0.25, 0.3) is 27.7 Å². The molecule has 0 fully saturated rings. The molecule has 4 rings (SSSR count). The minimum atomic E-state index is 0.296. The van der Waals surface area contributed by atoms with Crippen LogP contribution in [0.3, 0.4) is 0 Å². The molecule has 3 heterocycles. The topological polar surface area (TPSA) is 37.1 Å². The van der Waals surface area contributed by atoms with Crippen LogP contribution in [0, 0.1) is 0 Å². The van der Waals surface area contributed by atoms with Gasteiger partial charge in [-0.05, 0) is 74.9 Å². The summed E-state index contributed by atoms with van der Waals surface area (Å²) < 4.78 is 8.38. The molecule has 0 amide bonds. The average Bonchev–Trinajstić information content (AvgIpc) is 3.24. The van der Waals surface area contributed by atoms with E-state index < -0.39 is 0 Å². The lowest BCUT2D eigenvalue weighted by atomic mass is 9.98. The molecule has 0 atom stereocenters. The molecule has 28 heavy (non-hydrogen) atoms. The normalized spacial score (nSPS) is 12.0. The van der Waals surface area contributed by atoms with Crippen LogP contribution in [0.5, 0.6) is 5.75 Å². The highest BCUT2D eigenvalue weighted by atomic mass is 16.5.